The summed E-state index contributed by atoms with van der Waals surface area (Å²) in [5, 5.41) is 8.48. The second kappa shape index (κ2) is 8.20. The van der Waals surface area contributed by atoms with Crippen LogP contribution in [0.15, 0.2) is 11.6 Å². The zero-order valence-corrected chi connectivity index (χ0v) is 19.7. The van der Waals surface area contributed by atoms with E-state index in [-0.39, 0.29) is 17.5 Å². The Labute approximate surface area is 186 Å². The number of aromatic nitrogens is 4. The second-order valence-corrected chi connectivity index (χ2v) is 9.66. The summed E-state index contributed by atoms with van der Waals surface area (Å²) in [5.41, 5.74) is 3.90. The molecule has 0 amide bonds. The molecule has 8 nitrogen and oxygen atoms in total. The van der Waals surface area contributed by atoms with E-state index in [2.05, 4.69) is 41.1 Å². The Morgan fingerprint density at radius 2 is 2.16 bits per heavy atom. The summed E-state index contributed by atoms with van der Waals surface area (Å²) in [6.07, 6.45) is 1.44. The lowest BCUT2D eigenvalue weighted by atomic mass is 9.93. The topological polar surface area (TPSA) is 82.4 Å². The van der Waals surface area contributed by atoms with E-state index in [1.165, 1.54) is 0 Å². The lowest BCUT2D eigenvalue weighted by molar-refractivity contribution is 0.0390. The van der Waals surface area contributed by atoms with Crippen LogP contribution < -0.4 is 4.90 Å². The zero-order valence-electron chi connectivity index (χ0n) is 18.9. The van der Waals surface area contributed by atoms with E-state index in [9.17, 15) is 4.79 Å². The Kier molecular flexibility index (Phi) is 5.74. The molecule has 31 heavy (non-hydrogen) atoms. The minimum Gasteiger partial charge on any atom is -0.462 e. The highest BCUT2D eigenvalue weighted by Gasteiger charge is 2.31. The Hall–Kier alpha value is -2.52. The molecule has 0 radical (unpaired) electrons. The van der Waals surface area contributed by atoms with Crippen LogP contribution in [0.2, 0.25) is 0 Å². The maximum atomic E-state index is 12.8. The molecule has 1 fully saturated rings. The number of pyridine rings is 1. The first-order valence-electron chi connectivity index (χ1n) is 10.5. The van der Waals surface area contributed by atoms with Gasteiger partial charge in [0.05, 0.1) is 42.2 Å². The van der Waals surface area contributed by atoms with Gasteiger partial charge in [-0.1, -0.05) is 20.8 Å². The van der Waals surface area contributed by atoms with Gasteiger partial charge in [-0.2, -0.15) is 5.10 Å². The standard InChI is InChI=1S/C22H29N5O3S/c1-7-29-21(28)14-10-23-19-17(13(2)25-26(19)6)18(14)27-8-9-30-15(11-27)20-24-16(12-31-20)22(3,4)5/h10,12,15H,7-9,11H2,1-6H3. The third kappa shape index (κ3) is 4.04. The van der Waals surface area contributed by atoms with Crippen LogP contribution >= 0.6 is 11.3 Å². The number of ether oxygens (including phenoxy) is 2. The number of morpholine rings is 1. The number of carbonyl (C=O) groups is 1. The van der Waals surface area contributed by atoms with Gasteiger partial charge in [0.25, 0.3) is 0 Å². The molecule has 1 saturated heterocycles. The van der Waals surface area contributed by atoms with E-state index in [1.54, 1.807) is 29.1 Å². The Morgan fingerprint density at radius 3 is 2.84 bits per heavy atom. The molecule has 166 valence electrons. The molecule has 0 N–H and O–H groups in total. The predicted octanol–water partition coefficient (Wildman–Crippen LogP) is 3.79. The molecular formula is C22H29N5O3S. The van der Waals surface area contributed by atoms with E-state index in [4.69, 9.17) is 14.5 Å². The van der Waals surface area contributed by atoms with Crippen LogP contribution in [0.3, 0.4) is 0 Å². The third-order valence-corrected chi connectivity index (χ3v) is 6.38. The van der Waals surface area contributed by atoms with Crippen LogP contribution in [0.5, 0.6) is 0 Å². The van der Waals surface area contributed by atoms with Crippen LogP contribution in [0.25, 0.3) is 11.0 Å². The largest absolute Gasteiger partial charge is 0.462 e. The average molecular weight is 444 g/mol. The second-order valence-electron chi connectivity index (χ2n) is 8.78. The van der Waals surface area contributed by atoms with Gasteiger partial charge >= 0.3 is 5.97 Å². The first-order valence-corrected chi connectivity index (χ1v) is 11.4. The van der Waals surface area contributed by atoms with Crippen LogP contribution in [0.4, 0.5) is 5.69 Å². The maximum Gasteiger partial charge on any atom is 0.341 e. The van der Waals surface area contributed by atoms with Crippen molar-refractivity contribution in [2.45, 2.75) is 46.1 Å². The summed E-state index contributed by atoms with van der Waals surface area (Å²) >= 11 is 1.63. The number of hydrogen-bond donors (Lipinski definition) is 0. The third-order valence-electron chi connectivity index (χ3n) is 5.44. The summed E-state index contributed by atoms with van der Waals surface area (Å²) < 4.78 is 13.2. The minimum absolute atomic E-state index is 0.00966. The van der Waals surface area contributed by atoms with Gasteiger partial charge in [-0.25, -0.2) is 14.8 Å². The van der Waals surface area contributed by atoms with Gasteiger partial charge in [0.15, 0.2) is 5.65 Å². The van der Waals surface area contributed by atoms with Crippen LogP contribution in [-0.4, -0.2) is 52.0 Å². The number of thiazole rings is 1. The average Bonchev–Trinajstić information content (AvgIpc) is 3.33. The number of esters is 1. The maximum absolute atomic E-state index is 12.8. The van der Waals surface area contributed by atoms with E-state index < -0.39 is 0 Å². The SMILES string of the molecule is CCOC(=O)c1cnc2c(c(C)nn2C)c1N1CCOC(c2nc(C(C)(C)C)cs2)C1. The predicted molar refractivity (Wildman–Crippen MR) is 121 cm³/mol. The van der Waals surface area contributed by atoms with Crippen LogP contribution in [0, 0.1) is 6.92 Å². The molecule has 4 rings (SSSR count). The molecule has 9 heteroatoms. The molecule has 0 bridgehead atoms. The summed E-state index contributed by atoms with van der Waals surface area (Å²) in [7, 11) is 1.86. The summed E-state index contributed by atoms with van der Waals surface area (Å²) in [5.74, 6) is -0.373. The number of carbonyl (C=O) groups excluding carboxylic acids is 1. The highest BCUT2D eigenvalue weighted by molar-refractivity contribution is 7.09. The van der Waals surface area contributed by atoms with Gasteiger partial charge in [-0.15, -0.1) is 11.3 Å². The van der Waals surface area contributed by atoms with E-state index in [0.29, 0.717) is 31.9 Å². The van der Waals surface area contributed by atoms with Crippen molar-refractivity contribution >= 4 is 34.0 Å². The van der Waals surface area contributed by atoms with Crippen molar-refractivity contribution in [2.24, 2.45) is 7.05 Å². The first kappa shape index (κ1) is 21.7. The molecule has 1 atom stereocenters. The quantitative estimate of drug-likeness (QED) is 0.568. The van der Waals surface area contributed by atoms with Crippen molar-refractivity contribution < 1.29 is 14.3 Å². The van der Waals surface area contributed by atoms with Crippen molar-refractivity contribution in [1.29, 1.82) is 0 Å². The highest BCUT2D eigenvalue weighted by Crippen LogP contribution is 2.36. The van der Waals surface area contributed by atoms with Crippen LogP contribution in [0.1, 0.15) is 60.6 Å². The number of anilines is 1. The summed E-state index contributed by atoms with van der Waals surface area (Å²) in [6.45, 7) is 12.3. The van der Waals surface area contributed by atoms with E-state index in [1.807, 2.05) is 14.0 Å². The van der Waals surface area contributed by atoms with Gasteiger partial charge in [0.1, 0.15) is 16.7 Å². The van der Waals surface area contributed by atoms with E-state index in [0.717, 1.165) is 33.1 Å². The molecule has 1 aliphatic rings. The number of nitrogens with zero attached hydrogens (tertiary/aromatic N) is 5. The molecular weight excluding hydrogens is 414 g/mol. The first-order chi connectivity index (χ1) is 14.7. The summed E-state index contributed by atoms with van der Waals surface area (Å²) in [6, 6.07) is 0. The number of aryl methyl sites for hydroxylation is 2. The zero-order chi connectivity index (χ0) is 22.3. The van der Waals surface area contributed by atoms with Gasteiger partial charge in [0.2, 0.25) is 0 Å². The lowest BCUT2D eigenvalue weighted by Gasteiger charge is -2.35. The molecule has 0 aliphatic carbocycles. The smallest absolute Gasteiger partial charge is 0.341 e. The molecule has 3 aromatic rings. The Balaban J connectivity index is 1.75. The molecule has 0 saturated carbocycles. The highest BCUT2D eigenvalue weighted by atomic mass is 32.1. The van der Waals surface area contributed by atoms with Crippen molar-refractivity contribution in [2.75, 3.05) is 31.2 Å². The van der Waals surface area contributed by atoms with Crippen molar-refractivity contribution in [3.8, 4) is 0 Å². The van der Waals surface area contributed by atoms with Crippen molar-refractivity contribution in [3.05, 3.63) is 33.5 Å². The fourth-order valence-electron chi connectivity index (χ4n) is 3.86. The fourth-order valence-corrected chi connectivity index (χ4v) is 4.95. The molecule has 1 unspecified atom stereocenters. The normalized spacial score (nSPS) is 17.4. The van der Waals surface area contributed by atoms with Gasteiger partial charge < -0.3 is 14.4 Å². The van der Waals surface area contributed by atoms with Crippen LogP contribution in [-0.2, 0) is 21.9 Å². The van der Waals surface area contributed by atoms with Gasteiger partial charge in [0, 0.05) is 30.6 Å². The van der Waals surface area contributed by atoms with Gasteiger partial charge in [-0.05, 0) is 13.8 Å². The monoisotopic (exact) mass is 443 g/mol. The molecule has 1 aliphatic heterocycles. The Bertz CT molecular complexity index is 1110. The van der Waals surface area contributed by atoms with Gasteiger partial charge in [-0.3, -0.25) is 4.68 Å². The molecule has 3 aromatic heterocycles. The number of fused-ring (bicyclic) bond motifs is 1. The lowest BCUT2D eigenvalue weighted by Crippen LogP contribution is -2.39. The molecule has 0 spiro atoms. The van der Waals surface area contributed by atoms with E-state index >= 15 is 0 Å². The Morgan fingerprint density at radius 1 is 1.39 bits per heavy atom. The number of rotatable bonds is 4. The molecule has 0 aromatic carbocycles. The fraction of sp³-hybridized carbons (Fsp3) is 0.545. The minimum atomic E-state index is -0.373. The molecule has 4 heterocycles. The number of hydrogen-bond acceptors (Lipinski definition) is 8. The van der Waals surface area contributed by atoms with Crippen molar-refractivity contribution in [1.82, 2.24) is 19.7 Å². The van der Waals surface area contributed by atoms with Crippen molar-refractivity contribution in [3.63, 3.8) is 0 Å². The summed E-state index contributed by atoms with van der Waals surface area (Å²) in [4.78, 5) is 24.3.